The summed E-state index contributed by atoms with van der Waals surface area (Å²) in [6.45, 7) is 4.66. The molecule has 0 atom stereocenters. The van der Waals surface area contributed by atoms with Crippen LogP contribution in [0.15, 0.2) is 170 Å². The van der Waals surface area contributed by atoms with Gasteiger partial charge < -0.3 is 4.57 Å². The second-order valence-electron chi connectivity index (χ2n) is 15.4. The van der Waals surface area contributed by atoms with Crippen LogP contribution in [0.3, 0.4) is 0 Å². The number of benzene rings is 8. The summed E-state index contributed by atoms with van der Waals surface area (Å²) in [6, 6.07) is 61.6. The molecule has 0 unspecified atom stereocenters. The second-order valence-corrected chi connectivity index (χ2v) is 15.4. The molecule has 0 fully saturated rings. The first-order chi connectivity index (χ1) is 27.0. The molecule has 55 heavy (non-hydrogen) atoms. The maximum absolute atomic E-state index is 5.47. The summed E-state index contributed by atoms with van der Waals surface area (Å²) in [5.74, 6) is 0.830. The minimum absolute atomic E-state index is 0.0743. The molecule has 8 aromatic carbocycles. The van der Waals surface area contributed by atoms with Gasteiger partial charge in [0.1, 0.15) is 5.69 Å². The predicted octanol–water partition coefficient (Wildman–Crippen LogP) is 13.0. The summed E-state index contributed by atoms with van der Waals surface area (Å²) in [7, 11) is 0. The molecule has 0 aliphatic heterocycles. The van der Waals surface area contributed by atoms with E-state index in [4.69, 9.17) is 9.97 Å². The van der Waals surface area contributed by atoms with E-state index in [9.17, 15) is 0 Å². The molecule has 1 aliphatic carbocycles. The first-order valence-electron chi connectivity index (χ1n) is 19.0. The van der Waals surface area contributed by atoms with Crippen LogP contribution in [0.1, 0.15) is 25.0 Å². The van der Waals surface area contributed by atoms with Crippen LogP contribution in [0.2, 0.25) is 0 Å². The molecule has 0 saturated heterocycles. The summed E-state index contributed by atoms with van der Waals surface area (Å²) in [4.78, 5) is 10.9. The standard InChI is InChI=1S/C51H34N4/c1-51(2)41-19-9-6-16-35(41)38-26-31(24-25-42(38)51)49-50(53-44-21-11-10-20-43(44)52-49)55-46-23-13-8-18-37(46)40-28-32-29-47-39(27-33(32)30-48(40)55)36-17-7-12-22-45(36)54(47)34-14-4-3-5-15-34/h3-30H,1-2H3. The maximum atomic E-state index is 5.47. The smallest absolute Gasteiger partial charge is 0.165 e. The lowest BCUT2D eigenvalue weighted by atomic mass is 9.82. The van der Waals surface area contributed by atoms with Gasteiger partial charge in [-0.25, -0.2) is 9.97 Å². The minimum atomic E-state index is -0.0743. The fraction of sp³-hybridized carbons (Fsp3) is 0.0588. The van der Waals surface area contributed by atoms with Gasteiger partial charge in [-0.3, -0.25) is 4.57 Å². The highest BCUT2D eigenvalue weighted by Gasteiger charge is 2.35. The molecular formula is C51H34N4. The molecule has 0 amide bonds. The van der Waals surface area contributed by atoms with Crippen LogP contribution in [0.25, 0.3) is 99.3 Å². The molecule has 4 heteroatoms. The third-order valence-corrected chi connectivity index (χ3v) is 12.1. The fourth-order valence-electron chi connectivity index (χ4n) is 9.47. The van der Waals surface area contributed by atoms with Crippen molar-refractivity contribution in [3.8, 4) is 33.9 Å². The molecule has 12 rings (SSSR count). The van der Waals surface area contributed by atoms with Gasteiger partial charge in [0.25, 0.3) is 0 Å². The molecule has 3 aromatic heterocycles. The van der Waals surface area contributed by atoms with Gasteiger partial charge in [-0.2, -0.15) is 0 Å². The van der Waals surface area contributed by atoms with Crippen LogP contribution in [0.4, 0.5) is 0 Å². The summed E-state index contributed by atoms with van der Waals surface area (Å²) in [6.07, 6.45) is 0. The molecule has 0 radical (unpaired) electrons. The summed E-state index contributed by atoms with van der Waals surface area (Å²) in [5.41, 5.74) is 14.7. The van der Waals surface area contributed by atoms with Crippen LogP contribution in [0.5, 0.6) is 0 Å². The topological polar surface area (TPSA) is 35.6 Å². The molecule has 0 bridgehead atoms. The van der Waals surface area contributed by atoms with Gasteiger partial charge in [0, 0.05) is 38.2 Å². The highest BCUT2D eigenvalue weighted by Crippen LogP contribution is 2.50. The number of rotatable bonds is 3. The van der Waals surface area contributed by atoms with Crippen molar-refractivity contribution in [3.05, 3.63) is 181 Å². The molecule has 0 N–H and O–H groups in total. The van der Waals surface area contributed by atoms with Gasteiger partial charge in [-0.1, -0.05) is 117 Å². The molecule has 4 nitrogen and oxygen atoms in total. The van der Waals surface area contributed by atoms with Gasteiger partial charge in [0.05, 0.1) is 33.1 Å². The zero-order valence-corrected chi connectivity index (χ0v) is 30.5. The average molecular weight is 703 g/mol. The number of para-hydroxylation sites is 5. The van der Waals surface area contributed by atoms with Crippen molar-refractivity contribution in [1.82, 2.24) is 19.1 Å². The van der Waals surface area contributed by atoms with Crippen LogP contribution in [-0.2, 0) is 5.41 Å². The molecule has 258 valence electrons. The van der Waals surface area contributed by atoms with Crippen molar-refractivity contribution in [2.24, 2.45) is 0 Å². The number of aromatic nitrogens is 4. The Morgan fingerprint density at radius 3 is 1.71 bits per heavy atom. The Hall–Kier alpha value is -7.04. The number of hydrogen-bond donors (Lipinski definition) is 0. The van der Waals surface area contributed by atoms with E-state index >= 15 is 0 Å². The van der Waals surface area contributed by atoms with E-state index in [0.717, 1.165) is 44.8 Å². The van der Waals surface area contributed by atoms with Gasteiger partial charge >= 0.3 is 0 Å². The van der Waals surface area contributed by atoms with Crippen LogP contribution in [-0.4, -0.2) is 19.1 Å². The van der Waals surface area contributed by atoms with Crippen molar-refractivity contribution in [3.63, 3.8) is 0 Å². The molecule has 3 heterocycles. The van der Waals surface area contributed by atoms with Crippen LogP contribution in [0, 0.1) is 0 Å². The monoisotopic (exact) mass is 702 g/mol. The normalized spacial score (nSPS) is 13.4. The third-order valence-electron chi connectivity index (χ3n) is 12.1. The second kappa shape index (κ2) is 11.0. The summed E-state index contributed by atoms with van der Waals surface area (Å²) in [5, 5.41) is 7.25. The van der Waals surface area contributed by atoms with E-state index in [-0.39, 0.29) is 5.41 Å². The van der Waals surface area contributed by atoms with E-state index in [1.54, 1.807) is 0 Å². The van der Waals surface area contributed by atoms with Crippen molar-refractivity contribution in [2.45, 2.75) is 19.3 Å². The summed E-state index contributed by atoms with van der Waals surface area (Å²) >= 11 is 0. The quantitative estimate of drug-likeness (QED) is 0.184. The number of hydrogen-bond acceptors (Lipinski definition) is 2. The van der Waals surface area contributed by atoms with E-state index in [1.165, 1.54) is 65.6 Å². The van der Waals surface area contributed by atoms with Gasteiger partial charge in [-0.15, -0.1) is 0 Å². The highest BCUT2D eigenvalue weighted by atomic mass is 15.1. The highest BCUT2D eigenvalue weighted by molar-refractivity contribution is 6.18. The fourth-order valence-corrected chi connectivity index (χ4v) is 9.47. The first kappa shape index (κ1) is 30.4. The molecular weight excluding hydrogens is 669 g/mol. The lowest BCUT2D eigenvalue weighted by molar-refractivity contribution is 0.660. The predicted molar refractivity (Wildman–Crippen MR) is 229 cm³/mol. The van der Waals surface area contributed by atoms with Crippen molar-refractivity contribution in [1.29, 1.82) is 0 Å². The molecule has 1 aliphatic rings. The largest absolute Gasteiger partial charge is 0.309 e. The van der Waals surface area contributed by atoms with E-state index in [1.807, 2.05) is 12.1 Å². The minimum Gasteiger partial charge on any atom is -0.309 e. The SMILES string of the molecule is CC1(C)c2ccccc2-c2cc(-c3nc4ccccc4nc3-n3c4ccccc4c4cc5cc6c(cc5cc43)c3ccccc3n6-c3ccccc3)ccc21. The Balaban J connectivity index is 1.16. The lowest BCUT2D eigenvalue weighted by Crippen LogP contribution is -2.14. The third kappa shape index (κ3) is 4.22. The number of nitrogens with zero attached hydrogens (tertiary/aromatic N) is 4. The van der Waals surface area contributed by atoms with E-state index in [2.05, 4.69) is 181 Å². The summed E-state index contributed by atoms with van der Waals surface area (Å²) < 4.78 is 4.74. The average Bonchev–Trinajstić information content (AvgIpc) is 3.81. The zero-order chi connectivity index (χ0) is 36.4. The molecule has 0 saturated carbocycles. The lowest BCUT2D eigenvalue weighted by Gasteiger charge is -2.21. The molecule has 0 spiro atoms. The van der Waals surface area contributed by atoms with Crippen molar-refractivity contribution in [2.75, 3.05) is 0 Å². The Labute approximate surface area is 317 Å². The maximum Gasteiger partial charge on any atom is 0.165 e. The van der Waals surface area contributed by atoms with Crippen molar-refractivity contribution < 1.29 is 0 Å². The van der Waals surface area contributed by atoms with Gasteiger partial charge in [0.15, 0.2) is 5.82 Å². The Bertz CT molecular complexity index is 3400. The van der Waals surface area contributed by atoms with Crippen LogP contribution >= 0.6 is 0 Å². The van der Waals surface area contributed by atoms with Crippen molar-refractivity contribution >= 4 is 65.4 Å². The first-order valence-corrected chi connectivity index (χ1v) is 19.0. The number of fused-ring (bicyclic) bond motifs is 11. The Morgan fingerprint density at radius 1 is 0.418 bits per heavy atom. The molecule has 11 aromatic rings. The van der Waals surface area contributed by atoms with E-state index < -0.39 is 0 Å². The Kier molecular flexibility index (Phi) is 6.09. The Morgan fingerprint density at radius 2 is 0.982 bits per heavy atom. The zero-order valence-electron chi connectivity index (χ0n) is 30.5. The van der Waals surface area contributed by atoms with Gasteiger partial charge in [-0.05, 0) is 99.8 Å². The van der Waals surface area contributed by atoms with E-state index in [0.29, 0.717) is 0 Å². The van der Waals surface area contributed by atoms with Crippen LogP contribution < -0.4 is 0 Å². The van der Waals surface area contributed by atoms with Gasteiger partial charge in [0.2, 0.25) is 0 Å².